The third-order valence-corrected chi connectivity index (χ3v) is 5.38. The van der Waals surface area contributed by atoms with Crippen molar-refractivity contribution in [2.75, 3.05) is 13.1 Å². The SMILES string of the molecule is CC(C)(C)OC(=O)N1CCc2c(/C=C/C(=O)N(CCC#N)Cc3ccccc3)cccc2C1. The van der Waals surface area contributed by atoms with E-state index < -0.39 is 5.60 Å². The van der Waals surface area contributed by atoms with Crippen LogP contribution in [0.5, 0.6) is 0 Å². The quantitative estimate of drug-likeness (QED) is 0.591. The van der Waals surface area contributed by atoms with Gasteiger partial charge in [-0.1, -0.05) is 48.5 Å². The van der Waals surface area contributed by atoms with Crippen LogP contribution in [0.2, 0.25) is 0 Å². The summed E-state index contributed by atoms with van der Waals surface area (Å²) < 4.78 is 5.51. The van der Waals surface area contributed by atoms with Gasteiger partial charge in [0.25, 0.3) is 0 Å². The zero-order valence-electron chi connectivity index (χ0n) is 19.6. The maximum absolute atomic E-state index is 12.9. The predicted molar refractivity (Wildman–Crippen MR) is 128 cm³/mol. The molecule has 0 fully saturated rings. The molecule has 2 aromatic rings. The summed E-state index contributed by atoms with van der Waals surface area (Å²) >= 11 is 0. The topological polar surface area (TPSA) is 73.6 Å². The van der Waals surface area contributed by atoms with Gasteiger partial charge in [0.1, 0.15) is 5.60 Å². The summed E-state index contributed by atoms with van der Waals surface area (Å²) in [5, 5.41) is 8.98. The number of hydrogen-bond donors (Lipinski definition) is 0. The molecule has 33 heavy (non-hydrogen) atoms. The summed E-state index contributed by atoms with van der Waals surface area (Å²) in [7, 11) is 0. The highest BCUT2D eigenvalue weighted by Crippen LogP contribution is 2.25. The molecule has 0 unspecified atom stereocenters. The van der Waals surface area contributed by atoms with Crippen LogP contribution in [0.25, 0.3) is 6.08 Å². The van der Waals surface area contributed by atoms with E-state index in [9.17, 15) is 9.59 Å². The van der Waals surface area contributed by atoms with Crippen molar-refractivity contribution in [1.29, 1.82) is 5.26 Å². The monoisotopic (exact) mass is 445 g/mol. The number of rotatable bonds is 6. The van der Waals surface area contributed by atoms with Crippen molar-refractivity contribution in [3.63, 3.8) is 0 Å². The molecule has 0 spiro atoms. The highest BCUT2D eigenvalue weighted by molar-refractivity contribution is 5.92. The average molecular weight is 446 g/mol. The third kappa shape index (κ3) is 6.95. The maximum Gasteiger partial charge on any atom is 0.410 e. The number of amides is 2. The summed E-state index contributed by atoms with van der Waals surface area (Å²) in [5.41, 5.74) is 3.68. The average Bonchev–Trinajstić information content (AvgIpc) is 2.79. The van der Waals surface area contributed by atoms with E-state index >= 15 is 0 Å². The molecule has 0 aliphatic carbocycles. The van der Waals surface area contributed by atoms with E-state index in [1.165, 1.54) is 0 Å². The maximum atomic E-state index is 12.9. The van der Waals surface area contributed by atoms with Crippen LogP contribution in [0.1, 0.15) is 49.4 Å². The Kier molecular flexibility index (Phi) is 7.89. The summed E-state index contributed by atoms with van der Waals surface area (Å²) in [4.78, 5) is 28.8. The number of benzene rings is 2. The molecular formula is C27H31N3O3. The van der Waals surface area contributed by atoms with E-state index in [-0.39, 0.29) is 18.4 Å². The van der Waals surface area contributed by atoms with Gasteiger partial charge in [-0.05, 0) is 55.5 Å². The van der Waals surface area contributed by atoms with Crippen LogP contribution in [0.15, 0.2) is 54.6 Å². The third-order valence-electron chi connectivity index (χ3n) is 5.38. The molecule has 6 heteroatoms. The molecule has 6 nitrogen and oxygen atoms in total. The molecule has 2 amide bonds. The first kappa shape index (κ1) is 24.1. The Morgan fingerprint density at radius 1 is 1.15 bits per heavy atom. The molecule has 2 aromatic carbocycles. The van der Waals surface area contributed by atoms with Crippen LogP contribution in [0, 0.1) is 11.3 Å². The van der Waals surface area contributed by atoms with Gasteiger partial charge in [-0.2, -0.15) is 5.26 Å². The van der Waals surface area contributed by atoms with Gasteiger partial charge in [0.15, 0.2) is 0 Å². The second-order valence-corrected chi connectivity index (χ2v) is 9.12. The van der Waals surface area contributed by atoms with Gasteiger partial charge in [-0.3, -0.25) is 4.79 Å². The number of carbonyl (C=O) groups excluding carboxylic acids is 2. The van der Waals surface area contributed by atoms with E-state index in [2.05, 4.69) is 6.07 Å². The van der Waals surface area contributed by atoms with Crippen molar-refractivity contribution in [2.24, 2.45) is 0 Å². The molecule has 1 aliphatic heterocycles. The minimum atomic E-state index is -0.528. The van der Waals surface area contributed by atoms with Gasteiger partial charge >= 0.3 is 6.09 Å². The molecule has 0 aromatic heterocycles. The second-order valence-electron chi connectivity index (χ2n) is 9.12. The molecule has 3 rings (SSSR count). The fraction of sp³-hybridized carbons (Fsp3) is 0.370. The standard InChI is InChI=1S/C27H31N3O3/c1-27(2,3)33-26(32)30-18-15-24-22(11-7-12-23(24)20-30)13-14-25(31)29(17-8-16-28)19-21-9-5-4-6-10-21/h4-7,9-14H,8,15,17-20H2,1-3H3/b14-13+. The van der Waals surface area contributed by atoms with Crippen LogP contribution < -0.4 is 0 Å². The lowest BCUT2D eigenvalue weighted by Gasteiger charge is -2.31. The van der Waals surface area contributed by atoms with Crippen LogP contribution >= 0.6 is 0 Å². The highest BCUT2D eigenvalue weighted by atomic mass is 16.6. The lowest BCUT2D eigenvalue weighted by atomic mass is 9.94. The van der Waals surface area contributed by atoms with Crippen molar-refractivity contribution >= 4 is 18.1 Å². The minimum Gasteiger partial charge on any atom is -0.444 e. The van der Waals surface area contributed by atoms with E-state index in [1.54, 1.807) is 15.9 Å². The van der Waals surface area contributed by atoms with Gasteiger partial charge in [-0.15, -0.1) is 0 Å². The van der Waals surface area contributed by atoms with Crippen molar-refractivity contribution < 1.29 is 14.3 Å². The van der Waals surface area contributed by atoms with E-state index in [0.29, 0.717) is 32.6 Å². The number of nitriles is 1. The molecule has 0 N–H and O–H groups in total. The Balaban J connectivity index is 1.72. The zero-order valence-corrected chi connectivity index (χ0v) is 19.6. The van der Waals surface area contributed by atoms with Crippen molar-refractivity contribution in [1.82, 2.24) is 9.80 Å². The Hall–Kier alpha value is -3.59. The molecule has 0 radical (unpaired) electrons. The number of ether oxygens (including phenoxy) is 1. The first-order valence-electron chi connectivity index (χ1n) is 11.2. The molecule has 1 aliphatic rings. The Morgan fingerprint density at radius 2 is 1.91 bits per heavy atom. The highest BCUT2D eigenvalue weighted by Gasteiger charge is 2.26. The van der Waals surface area contributed by atoms with Gasteiger partial charge in [0.05, 0.1) is 12.5 Å². The Bertz CT molecular complexity index is 1050. The van der Waals surface area contributed by atoms with Crippen molar-refractivity contribution in [3.05, 3.63) is 76.9 Å². The Morgan fingerprint density at radius 3 is 2.61 bits per heavy atom. The fourth-order valence-corrected chi connectivity index (χ4v) is 3.80. The number of carbonyl (C=O) groups is 2. The van der Waals surface area contributed by atoms with Crippen LogP contribution in [-0.2, 0) is 29.0 Å². The normalized spacial score (nSPS) is 13.3. The molecule has 0 saturated carbocycles. The first-order valence-corrected chi connectivity index (χ1v) is 11.2. The van der Waals surface area contributed by atoms with E-state index in [4.69, 9.17) is 10.00 Å². The molecular weight excluding hydrogens is 414 g/mol. The first-order chi connectivity index (χ1) is 15.8. The van der Waals surface area contributed by atoms with Crippen molar-refractivity contribution in [2.45, 2.75) is 52.3 Å². The van der Waals surface area contributed by atoms with E-state index in [1.807, 2.05) is 75.4 Å². The van der Waals surface area contributed by atoms with Gasteiger partial charge in [-0.25, -0.2) is 4.79 Å². The van der Waals surface area contributed by atoms with Gasteiger partial charge < -0.3 is 14.5 Å². The number of nitrogens with zero attached hydrogens (tertiary/aromatic N) is 3. The second kappa shape index (κ2) is 10.8. The molecule has 0 bridgehead atoms. The number of fused-ring (bicyclic) bond motifs is 1. The summed E-state index contributed by atoms with van der Waals surface area (Å²) in [6.45, 7) is 7.49. The predicted octanol–water partition coefficient (Wildman–Crippen LogP) is 4.94. The van der Waals surface area contributed by atoms with Crippen LogP contribution in [-0.4, -0.2) is 40.5 Å². The van der Waals surface area contributed by atoms with Crippen LogP contribution in [0.3, 0.4) is 0 Å². The molecule has 0 atom stereocenters. The van der Waals surface area contributed by atoms with E-state index in [0.717, 1.165) is 22.3 Å². The zero-order chi connectivity index (χ0) is 23.8. The molecule has 172 valence electrons. The smallest absolute Gasteiger partial charge is 0.410 e. The summed E-state index contributed by atoms with van der Waals surface area (Å²) in [6.07, 6.45) is 4.10. The fourth-order valence-electron chi connectivity index (χ4n) is 3.80. The summed E-state index contributed by atoms with van der Waals surface area (Å²) in [5.74, 6) is -0.127. The lowest BCUT2D eigenvalue weighted by Crippen LogP contribution is -2.40. The molecule has 0 saturated heterocycles. The molecule has 1 heterocycles. The largest absolute Gasteiger partial charge is 0.444 e. The van der Waals surface area contributed by atoms with Gasteiger partial charge in [0, 0.05) is 32.3 Å². The summed E-state index contributed by atoms with van der Waals surface area (Å²) in [6, 6.07) is 17.8. The lowest BCUT2D eigenvalue weighted by molar-refractivity contribution is -0.126. The Labute approximate surface area is 196 Å². The number of hydrogen-bond acceptors (Lipinski definition) is 4. The van der Waals surface area contributed by atoms with Crippen LogP contribution in [0.4, 0.5) is 4.79 Å². The minimum absolute atomic E-state index is 0.127. The van der Waals surface area contributed by atoms with Crippen molar-refractivity contribution in [3.8, 4) is 6.07 Å². The van der Waals surface area contributed by atoms with Gasteiger partial charge in [0.2, 0.25) is 5.91 Å².